The molecule has 23 heavy (non-hydrogen) atoms. The van der Waals surface area contributed by atoms with Gasteiger partial charge in [0.05, 0.1) is 31.5 Å². The molecule has 2 rings (SSSR count). The molecule has 0 saturated carbocycles. The Hall–Kier alpha value is -1.84. The zero-order valence-corrected chi connectivity index (χ0v) is 14.3. The third-order valence-electron chi connectivity index (χ3n) is 2.47. The summed E-state index contributed by atoms with van der Waals surface area (Å²) in [6.07, 6.45) is 0. The summed E-state index contributed by atoms with van der Waals surface area (Å²) in [5, 5.41) is 22.0. The van der Waals surface area contributed by atoms with Crippen LogP contribution in [-0.4, -0.2) is 5.84 Å². The smallest absolute Gasteiger partial charge is 0.270 e. The molecule has 0 bridgehead atoms. The van der Waals surface area contributed by atoms with E-state index in [-0.39, 0.29) is 5.84 Å². The largest absolute Gasteiger partial charge is 0.276 e. The Morgan fingerprint density at radius 1 is 0.913 bits per heavy atom. The van der Waals surface area contributed by atoms with Gasteiger partial charge >= 0.3 is 0 Å². The number of nitrogens with zero attached hydrogens (tertiary/aromatic N) is 4. The highest BCUT2D eigenvalue weighted by Gasteiger charge is 2.01. The van der Waals surface area contributed by atoms with Crippen molar-refractivity contribution in [3.63, 3.8) is 0 Å². The number of hydrogen-bond donors (Lipinski definition) is 1. The average molecular weight is 387 g/mol. The fourth-order valence-electron chi connectivity index (χ4n) is 1.41. The van der Waals surface area contributed by atoms with Crippen molar-refractivity contribution in [2.24, 2.45) is 15.3 Å². The summed E-state index contributed by atoms with van der Waals surface area (Å²) in [5.74, 6) is -0.179. The summed E-state index contributed by atoms with van der Waals surface area (Å²) in [6, 6.07) is 11.3. The van der Waals surface area contributed by atoms with Crippen molar-refractivity contribution in [2.45, 2.75) is 0 Å². The van der Waals surface area contributed by atoms with Gasteiger partial charge in [0, 0.05) is 0 Å². The van der Waals surface area contributed by atoms with Gasteiger partial charge in [0.25, 0.3) is 5.84 Å². The first-order chi connectivity index (χ1) is 11.0. The molecule has 116 valence electrons. The van der Waals surface area contributed by atoms with Gasteiger partial charge in [0.2, 0.25) is 0 Å². The molecular weight excluding hydrogens is 380 g/mol. The number of hydrazone groups is 1. The number of benzene rings is 2. The van der Waals surface area contributed by atoms with Crippen molar-refractivity contribution in [1.82, 2.24) is 0 Å². The number of halogens is 4. The number of hydrogen-bond acceptors (Lipinski definition) is 4. The van der Waals surface area contributed by atoms with E-state index in [1.54, 1.807) is 36.4 Å². The first-order valence-corrected chi connectivity index (χ1v) is 7.56. The van der Waals surface area contributed by atoms with Crippen molar-refractivity contribution < 1.29 is 0 Å². The highest BCUT2D eigenvalue weighted by molar-refractivity contribution is 6.42. The topological polar surface area (TPSA) is 72.9 Å². The maximum atomic E-state index is 9.01. The minimum atomic E-state index is -0.179. The van der Waals surface area contributed by atoms with Gasteiger partial charge in [-0.2, -0.15) is 5.26 Å². The van der Waals surface area contributed by atoms with Gasteiger partial charge in [-0.3, -0.25) is 5.43 Å². The highest BCUT2D eigenvalue weighted by atomic mass is 35.5. The van der Waals surface area contributed by atoms with E-state index in [4.69, 9.17) is 51.7 Å². The first kappa shape index (κ1) is 17.5. The van der Waals surface area contributed by atoms with Crippen LogP contribution in [0.2, 0.25) is 20.1 Å². The Balaban J connectivity index is 2.12. The lowest BCUT2D eigenvalue weighted by Crippen LogP contribution is -1.95. The lowest BCUT2D eigenvalue weighted by atomic mass is 10.3. The predicted molar refractivity (Wildman–Crippen MR) is 94.1 cm³/mol. The molecule has 0 aliphatic rings. The number of nitrogens with one attached hydrogen (secondary N) is 1. The van der Waals surface area contributed by atoms with Crippen LogP contribution in [0.3, 0.4) is 0 Å². The normalized spacial score (nSPS) is 11.5. The summed E-state index contributed by atoms with van der Waals surface area (Å²) >= 11 is 23.4. The molecule has 2 aromatic carbocycles. The van der Waals surface area contributed by atoms with Crippen LogP contribution in [0.25, 0.3) is 0 Å². The summed E-state index contributed by atoms with van der Waals surface area (Å²) in [4.78, 5) is 0. The monoisotopic (exact) mass is 385 g/mol. The lowest BCUT2D eigenvalue weighted by molar-refractivity contribution is 1.23. The van der Waals surface area contributed by atoms with E-state index < -0.39 is 0 Å². The van der Waals surface area contributed by atoms with Crippen molar-refractivity contribution in [2.75, 3.05) is 5.43 Å². The fraction of sp³-hybridized carbons (Fsp3) is 0. The molecule has 0 unspecified atom stereocenters. The number of amidine groups is 1. The molecule has 5 nitrogen and oxygen atoms in total. The van der Waals surface area contributed by atoms with Crippen LogP contribution in [-0.2, 0) is 0 Å². The third kappa shape index (κ3) is 5.08. The summed E-state index contributed by atoms with van der Waals surface area (Å²) in [5.41, 5.74) is 3.64. The summed E-state index contributed by atoms with van der Waals surface area (Å²) in [6.45, 7) is 0. The Labute approximate surface area is 152 Å². The molecule has 0 heterocycles. The Bertz CT molecular complexity index is 826. The zero-order chi connectivity index (χ0) is 16.8. The lowest BCUT2D eigenvalue weighted by Gasteiger charge is -2.01. The van der Waals surface area contributed by atoms with Gasteiger partial charge < -0.3 is 0 Å². The second kappa shape index (κ2) is 8.14. The number of nitriles is 1. The molecule has 0 aliphatic carbocycles. The number of anilines is 1. The van der Waals surface area contributed by atoms with Crippen LogP contribution in [0.15, 0.2) is 51.7 Å². The zero-order valence-electron chi connectivity index (χ0n) is 11.3. The van der Waals surface area contributed by atoms with E-state index in [1.165, 1.54) is 6.07 Å². The van der Waals surface area contributed by atoms with Crippen LogP contribution in [0, 0.1) is 11.3 Å². The minimum absolute atomic E-state index is 0.179. The van der Waals surface area contributed by atoms with E-state index in [2.05, 4.69) is 20.8 Å². The molecule has 0 aromatic heterocycles. The third-order valence-corrected chi connectivity index (χ3v) is 3.95. The Morgan fingerprint density at radius 2 is 1.57 bits per heavy atom. The van der Waals surface area contributed by atoms with Gasteiger partial charge in [-0.05, 0) is 36.4 Å². The second-order valence-electron chi connectivity index (χ2n) is 4.09. The standard InChI is InChI=1S/C14H7Cl4N5/c15-10-3-1-8(5-12(10)17)20-22-14(7-19)23-21-9-2-4-11(16)13(18)6-9/h1-6,20H/b22-14+,23-21+. The minimum Gasteiger partial charge on any atom is -0.276 e. The number of rotatable bonds is 3. The molecule has 0 atom stereocenters. The molecule has 9 heteroatoms. The molecule has 1 N–H and O–H groups in total. The molecular formula is C14H7Cl4N5. The van der Waals surface area contributed by atoms with Crippen molar-refractivity contribution in [1.29, 1.82) is 5.26 Å². The van der Waals surface area contributed by atoms with Crippen LogP contribution in [0.1, 0.15) is 0 Å². The van der Waals surface area contributed by atoms with Gasteiger partial charge in [-0.25, -0.2) is 0 Å². The Kier molecular flexibility index (Phi) is 6.20. The summed E-state index contributed by atoms with van der Waals surface area (Å²) in [7, 11) is 0. The number of azo groups is 1. The van der Waals surface area contributed by atoms with E-state index in [9.17, 15) is 0 Å². The van der Waals surface area contributed by atoms with Crippen molar-refractivity contribution in [3.8, 4) is 6.07 Å². The average Bonchev–Trinajstić information content (AvgIpc) is 2.54. The van der Waals surface area contributed by atoms with Gasteiger partial charge in [0.1, 0.15) is 6.07 Å². The van der Waals surface area contributed by atoms with Gasteiger partial charge in [0.15, 0.2) is 0 Å². The van der Waals surface area contributed by atoms with Crippen LogP contribution in [0.4, 0.5) is 11.4 Å². The molecule has 0 aliphatic heterocycles. The maximum Gasteiger partial charge on any atom is 0.270 e. The molecule has 2 aromatic rings. The van der Waals surface area contributed by atoms with Crippen molar-refractivity contribution >= 4 is 63.6 Å². The van der Waals surface area contributed by atoms with Crippen LogP contribution in [0.5, 0.6) is 0 Å². The summed E-state index contributed by atoms with van der Waals surface area (Å²) < 4.78 is 0. The van der Waals surface area contributed by atoms with Crippen LogP contribution >= 0.6 is 46.4 Å². The van der Waals surface area contributed by atoms with Gasteiger partial charge in [-0.1, -0.05) is 46.4 Å². The molecule has 0 amide bonds. The van der Waals surface area contributed by atoms with E-state index in [1.807, 2.05) is 0 Å². The maximum absolute atomic E-state index is 9.01. The highest BCUT2D eigenvalue weighted by Crippen LogP contribution is 2.27. The van der Waals surface area contributed by atoms with E-state index in [0.29, 0.717) is 31.5 Å². The van der Waals surface area contributed by atoms with Crippen LogP contribution < -0.4 is 5.43 Å². The van der Waals surface area contributed by atoms with Gasteiger partial charge in [-0.15, -0.1) is 15.3 Å². The van der Waals surface area contributed by atoms with E-state index >= 15 is 0 Å². The molecule has 0 fully saturated rings. The van der Waals surface area contributed by atoms with Crippen molar-refractivity contribution in [3.05, 3.63) is 56.5 Å². The van der Waals surface area contributed by atoms with E-state index in [0.717, 1.165) is 0 Å². The predicted octanol–water partition coefficient (Wildman–Crippen LogP) is 6.33. The Morgan fingerprint density at radius 3 is 2.17 bits per heavy atom. The molecule has 0 radical (unpaired) electrons. The quantitative estimate of drug-likeness (QED) is 0.289. The molecule has 0 spiro atoms. The first-order valence-electron chi connectivity index (χ1n) is 6.05. The fourth-order valence-corrected chi connectivity index (χ4v) is 2.00. The second-order valence-corrected chi connectivity index (χ2v) is 5.72. The SMILES string of the molecule is N#CC(/N=N/c1ccc(Cl)c(Cl)c1)=N\Nc1ccc(Cl)c(Cl)c1. The molecule has 0 saturated heterocycles.